The third-order valence-corrected chi connectivity index (χ3v) is 2.61. The van der Waals surface area contributed by atoms with Crippen LogP contribution in [0.25, 0.3) is 0 Å². The molecule has 1 aromatic heterocycles. The lowest BCUT2D eigenvalue weighted by Gasteiger charge is -2.11. The minimum Gasteiger partial charge on any atom is -0.337 e. The van der Waals surface area contributed by atoms with Gasteiger partial charge < -0.3 is 10.6 Å². The van der Waals surface area contributed by atoms with Gasteiger partial charge in [-0.05, 0) is 18.1 Å². The Balaban J connectivity index is 1.64. The van der Waals surface area contributed by atoms with Crippen LogP contribution in [0.1, 0.15) is 12.0 Å². The second-order valence-corrected chi connectivity index (χ2v) is 3.98. The fraction of sp³-hybridized carbons (Fsp3) is 0.455. The van der Waals surface area contributed by atoms with Gasteiger partial charge in [0.05, 0.1) is 0 Å². The summed E-state index contributed by atoms with van der Waals surface area (Å²) in [6.07, 6.45) is 4.48. The Morgan fingerprint density at radius 2 is 2.47 bits per heavy atom. The average Bonchev–Trinajstić information content (AvgIpc) is 2.88. The summed E-state index contributed by atoms with van der Waals surface area (Å²) >= 11 is 0. The molecule has 4 N–H and O–H groups in total. The highest BCUT2D eigenvalue weighted by molar-refractivity contribution is 5.73. The lowest BCUT2D eigenvalue weighted by atomic mass is 10.2. The molecule has 2 amide bonds. The van der Waals surface area contributed by atoms with E-state index in [9.17, 15) is 4.79 Å². The van der Waals surface area contributed by atoms with Crippen molar-refractivity contribution >= 4 is 6.03 Å². The number of aromatic nitrogens is 1. The molecule has 1 aromatic rings. The number of pyridine rings is 1. The van der Waals surface area contributed by atoms with Crippen molar-refractivity contribution in [3.8, 4) is 0 Å². The summed E-state index contributed by atoms with van der Waals surface area (Å²) in [6.45, 7) is 2.07. The number of carbonyl (C=O) groups excluding carboxylic acids is 1. The minimum absolute atomic E-state index is 0.150. The molecule has 2 rings (SSSR count). The van der Waals surface area contributed by atoms with Gasteiger partial charge in [-0.25, -0.2) is 4.79 Å². The molecule has 1 aliphatic rings. The molecule has 92 valence electrons. The van der Waals surface area contributed by atoms with Crippen LogP contribution in [-0.2, 0) is 6.54 Å². The average molecular weight is 235 g/mol. The van der Waals surface area contributed by atoms with Crippen LogP contribution in [0.15, 0.2) is 24.5 Å². The van der Waals surface area contributed by atoms with Gasteiger partial charge in [0.2, 0.25) is 0 Å². The molecule has 1 fully saturated rings. The van der Waals surface area contributed by atoms with Gasteiger partial charge in [-0.3, -0.25) is 15.8 Å². The highest BCUT2D eigenvalue weighted by Crippen LogP contribution is 1.95. The predicted octanol–water partition coefficient (Wildman–Crippen LogP) is -0.253. The summed E-state index contributed by atoms with van der Waals surface area (Å²) in [5.74, 6) is 0. The van der Waals surface area contributed by atoms with Crippen molar-refractivity contribution < 1.29 is 4.79 Å². The Morgan fingerprint density at radius 1 is 1.53 bits per heavy atom. The van der Waals surface area contributed by atoms with Crippen molar-refractivity contribution in [1.29, 1.82) is 0 Å². The Labute approximate surface area is 100 Å². The largest absolute Gasteiger partial charge is 0.337 e. The van der Waals surface area contributed by atoms with Crippen molar-refractivity contribution in [2.45, 2.75) is 19.0 Å². The van der Waals surface area contributed by atoms with Crippen molar-refractivity contribution in [3.63, 3.8) is 0 Å². The Bertz CT molecular complexity index is 350. The van der Waals surface area contributed by atoms with Crippen LogP contribution in [0.5, 0.6) is 0 Å². The van der Waals surface area contributed by atoms with Crippen LogP contribution in [0.3, 0.4) is 0 Å². The number of nitrogens with zero attached hydrogens (tertiary/aromatic N) is 1. The molecule has 1 atom stereocenters. The molecule has 6 nitrogen and oxygen atoms in total. The molecular weight excluding hydrogens is 218 g/mol. The third kappa shape index (κ3) is 4.01. The summed E-state index contributed by atoms with van der Waals surface area (Å²) in [5.41, 5.74) is 7.10. The quantitative estimate of drug-likeness (QED) is 0.580. The van der Waals surface area contributed by atoms with E-state index in [1.165, 1.54) is 0 Å². The second kappa shape index (κ2) is 6.17. The fourth-order valence-corrected chi connectivity index (χ4v) is 1.65. The highest BCUT2D eigenvalue weighted by Gasteiger charge is 2.13. The molecule has 0 radical (unpaired) electrons. The van der Waals surface area contributed by atoms with Crippen molar-refractivity contribution in [3.05, 3.63) is 30.1 Å². The van der Waals surface area contributed by atoms with E-state index in [0.29, 0.717) is 19.1 Å². The van der Waals surface area contributed by atoms with E-state index in [4.69, 9.17) is 0 Å². The van der Waals surface area contributed by atoms with Gasteiger partial charge in [0.25, 0.3) is 0 Å². The zero-order valence-electron chi connectivity index (χ0n) is 9.57. The maximum atomic E-state index is 11.5. The first-order valence-electron chi connectivity index (χ1n) is 5.73. The molecule has 0 saturated carbocycles. The SMILES string of the molecule is O=C(NCc1cccnc1)NCC1CCNN1. The third-order valence-electron chi connectivity index (χ3n) is 2.61. The zero-order valence-corrected chi connectivity index (χ0v) is 9.57. The summed E-state index contributed by atoms with van der Waals surface area (Å²) in [7, 11) is 0. The van der Waals surface area contributed by atoms with Gasteiger partial charge in [-0.1, -0.05) is 6.07 Å². The monoisotopic (exact) mass is 235 g/mol. The number of amides is 2. The zero-order chi connectivity index (χ0) is 11.9. The van der Waals surface area contributed by atoms with Crippen LogP contribution in [0, 0.1) is 0 Å². The molecule has 1 unspecified atom stereocenters. The summed E-state index contributed by atoms with van der Waals surface area (Å²) in [4.78, 5) is 15.5. The van der Waals surface area contributed by atoms with E-state index < -0.39 is 0 Å². The fourth-order valence-electron chi connectivity index (χ4n) is 1.65. The highest BCUT2D eigenvalue weighted by atomic mass is 16.2. The normalized spacial score (nSPS) is 18.9. The molecule has 1 aliphatic heterocycles. The summed E-state index contributed by atoms with van der Waals surface area (Å²) < 4.78 is 0. The van der Waals surface area contributed by atoms with Gasteiger partial charge in [0.15, 0.2) is 0 Å². The molecule has 6 heteroatoms. The van der Waals surface area contributed by atoms with E-state index in [1.54, 1.807) is 12.4 Å². The van der Waals surface area contributed by atoms with Gasteiger partial charge in [0, 0.05) is 38.1 Å². The van der Waals surface area contributed by atoms with Gasteiger partial charge in [-0.2, -0.15) is 0 Å². The first-order chi connectivity index (χ1) is 8.34. The van der Waals surface area contributed by atoms with E-state index >= 15 is 0 Å². The number of urea groups is 1. The van der Waals surface area contributed by atoms with Crippen molar-refractivity contribution in [2.75, 3.05) is 13.1 Å². The van der Waals surface area contributed by atoms with E-state index in [1.807, 2.05) is 12.1 Å². The van der Waals surface area contributed by atoms with Crippen LogP contribution in [0.4, 0.5) is 4.79 Å². The maximum Gasteiger partial charge on any atom is 0.315 e. The smallest absolute Gasteiger partial charge is 0.315 e. The predicted molar refractivity (Wildman–Crippen MR) is 64.0 cm³/mol. The number of hydrazine groups is 1. The summed E-state index contributed by atoms with van der Waals surface area (Å²) in [6, 6.07) is 3.94. The molecule has 0 bridgehead atoms. The molecular formula is C11H17N5O. The lowest BCUT2D eigenvalue weighted by molar-refractivity contribution is 0.239. The van der Waals surface area contributed by atoms with Crippen molar-refractivity contribution in [2.24, 2.45) is 0 Å². The van der Waals surface area contributed by atoms with Crippen LogP contribution < -0.4 is 21.5 Å². The number of hydrogen-bond donors (Lipinski definition) is 4. The van der Waals surface area contributed by atoms with Crippen LogP contribution >= 0.6 is 0 Å². The number of hydrogen-bond acceptors (Lipinski definition) is 4. The Kier molecular flexibility index (Phi) is 4.29. The number of carbonyl (C=O) groups is 1. The van der Waals surface area contributed by atoms with E-state index in [2.05, 4.69) is 26.5 Å². The maximum absolute atomic E-state index is 11.5. The molecule has 17 heavy (non-hydrogen) atoms. The number of nitrogens with one attached hydrogen (secondary N) is 4. The first-order valence-corrected chi connectivity index (χ1v) is 5.73. The van der Waals surface area contributed by atoms with Gasteiger partial charge >= 0.3 is 6.03 Å². The Hall–Kier alpha value is -1.66. The lowest BCUT2D eigenvalue weighted by Crippen LogP contribution is -2.43. The Morgan fingerprint density at radius 3 is 3.18 bits per heavy atom. The second-order valence-electron chi connectivity index (χ2n) is 3.98. The molecule has 0 spiro atoms. The first kappa shape index (κ1) is 11.8. The van der Waals surface area contributed by atoms with Gasteiger partial charge in [-0.15, -0.1) is 0 Å². The topological polar surface area (TPSA) is 78.1 Å². The van der Waals surface area contributed by atoms with E-state index in [0.717, 1.165) is 18.5 Å². The molecule has 0 aliphatic carbocycles. The molecule has 2 heterocycles. The van der Waals surface area contributed by atoms with Crippen molar-refractivity contribution in [1.82, 2.24) is 26.5 Å². The van der Waals surface area contributed by atoms with Crippen LogP contribution in [-0.4, -0.2) is 30.1 Å². The van der Waals surface area contributed by atoms with Gasteiger partial charge in [0.1, 0.15) is 0 Å². The van der Waals surface area contributed by atoms with Crippen LogP contribution in [0.2, 0.25) is 0 Å². The standard InChI is InChI=1S/C11H17N5O/c17-11(14-8-10-3-5-15-16-10)13-7-9-2-1-4-12-6-9/h1-2,4,6,10,15-16H,3,5,7-8H2,(H2,13,14,17). The molecule has 1 saturated heterocycles. The summed E-state index contributed by atoms with van der Waals surface area (Å²) in [5, 5.41) is 5.61. The molecule has 0 aromatic carbocycles. The van der Waals surface area contributed by atoms with E-state index in [-0.39, 0.29) is 6.03 Å². The number of rotatable bonds is 4. The minimum atomic E-state index is -0.150.